The maximum Gasteiger partial charge on any atom is 0.373 e. The van der Waals surface area contributed by atoms with Gasteiger partial charge in [-0.15, -0.1) is 0 Å². The number of nitro groups is 1. The third kappa shape index (κ3) is 2.36. The lowest BCUT2D eigenvalue weighted by Gasteiger charge is -2.27. The molecule has 1 aliphatic heterocycles. The zero-order valence-electron chi connectivity index (χ0n) is 11.2. The van der Waals surface area contributed by atoms with Gasteiger partial charge in [-0.25, -0.2) is 0 Å². The zero-order valence-corrected chi connectivity index (χ0v) is 12.0. The topological polar surface area (TPSA) is 72.9 Å². The monoisotopic (exact) mass is 296 g/mol. The molecule has 0 saturated carbocycles. The molecule has 0 spiro atoms. The van der Waals surface area contributed by atoms with Crippen molar-refractivity contribution in [2.24, 2.45) is 0 Å². The van der Waals surface area contributed by atoms with Crippen LogP contribution in [0, 0.1) is 10.1 Å². The number of likely N-dealkylation sites (N-methyl/N-ethyl adjacent to an activating group) is 1. The number of anilines is 1. The van der Waals surface area contributed by atoms with Crippen LogP contribution in [0.5, 0.6) is 0 Å². The van der Waals surface area contributed by atoms with Crippen LogP contribution >= 0.6 is 11.3 Å². The van der Waals surface area contributed by atoms with E-state index in [-0.39, 0.29) is 16.8 Å². The number of thiazole rings is 1. The predicted molar refractivity (Wildman–Crippen MR) is 76.6 cm³/mol. The van der Waals surface area contributed by atoms with Crippen LogP contribution in [0.2, 0.25) is 0 Å². The Hall–Kier alpha value is -1.67. The van der Waals surface area contributed by atoms with Crippen molar-refractivity contribution in [3.05, 3.63) is 21.7 Å². The molecule has 0 radical (unpaired) electrons. The van der Waals surface area contributed by atoms with Gasteiger partial charge in [-0.05, 0) is 24.2 Å². The second-order valence-electron chi connectivity index (χ2n) is 4.94. The fourth-order valence-corrected chi connectivity index (χ4v) is 3.24. The first-order valence-corrected chi connectivity index (χ1v) is 7.47. The van der Waals surface area contributed by atoms with Crippen LogP contribution in [-0.4, -0.2) is 40.6 Å². The summed E-state index contributed by atoms with van der Waals surface area (Å²) in [5, 5.41) is 13.1. The second-order valence-corrected chi connectivity index (χ2v) is 5.81. The molecule has 0 bridgehead atoms. The lowest BCUT2D eigenvalue weighted by molar-refractivity contribution is -0.389. The van der Waals surface area contributed by atoms with E-state index < -0.39 is 0 Å². The number of fused-ring (bicyclic) bond motifs is 1. The number of rotatable bonds is 4. The Bertz CT molecular complexity index is 617. The van der Waals surface area contributed by atoms with Crippen LogP contribution < -0.4 is 4.90 Å². The molecule has 2 aromatic heterocycles. The Kier molecular flexibility index (Phi) is 3.58. The smallest absolute Gasteiger partial charge is 0.373 e. The molecule has 0 N–H and O–H groups in total. The molecule has 0 amide bonds. The molecule has 1 fully saturated rings. The van der Waals surface area contributed by atoms with E-state index in [1.807, 2.05) is 11.9 Å². The van der Waals surface area contributed by atoms with Crippen molar-refractivity contribution in [1.29, 1.82) is 0 Å². The lowest BCUT2D eigenvalue weighted by Crippen LogP contribution is -2.33. The highest BCUT2D eigenvalue weighted by molar-refractivity contribution is 7.15. The molecule has 3 rings (SSSR count). The average Bonchev–Trinajstić information content (AvgIpc) is 2.98. The van der Waals surface area contributed by atoms with Crippen molar-refractivity contribution in [2.45, 2.75) is 25.4 Å². The number of aromatic nitrogens is 2. The van der Waals surface area contributed by atoms with Gasteiger partial charge in [0, 0.05) is 25.6 Å². The van der Waals surface area contributed by atoms with Gasteiger partial charge in [0.15, 0.2) is 0 Å². The van der Waals surface area contributed by atoms with Crippen LogP contribution in [0.4, 0.5) is 11.6 Å². The van der Waals surface area contributed by atoms with Crippen molar-refractivity contribution < 1.29 is 9.66 Å². The second kappa shape index (κ2) is 5.37. The molecular weight excluding hydrogens is 280 g/mol. The third-order valence-electron chi connectivity index (χ3n) is 3.51. The summed E-state index contributed by atoms with van der Waals surface area (Å²) in [6.45, 7) is 1.41. The van der Waals surface area contributed by atoms with E-state index in [2.05, 4.69) is 4.98 Å². The highest BCUT2D eigenvalue weighted by Crippen LogP contribution is 2.30. The molecule has 1 unspecified atom stereocenters. The van der Waals surface area contributed by atoms with Crippen molar-refractivity contribution in [1.82, 2.24) is 9.38 Å². The van der Waals surface area contributed by atoms with E-state index in [0.717, 1.165) is 25.9 Å². The maximum absolute atomic E-state index is 11.3. The Balaban J connectivity index is 1.86. The fourth-order valence-electron chi connectivity index (χ4n) is 2.53. The van der Waals surface area contributed by atoms with E-state index in [1.165, 1.54) is 15.7 Å². The van der Waals surface area contributed by atoms with E-state index in [4.69, 9.17) is 4.74 Å². The summed E-state index contributed by atoms with van der Waals surface area (Å²) in [7, 11) is 1.83. The summed E-state index contributed by atoms with van der Waals surface area (Å²) in [5.41, 5.74) is 0. The summed E-state index contributed by atoms with van der Waals surface area (Å²) < 4.78 is 7.21. The fraction of sp³-hybridized carbons (Fsp3) is 0.583. The zero-order chi connectivity index (χ0) is 14.1. The first-order valence-electron chi connectivity index (χ1n) is 6.59. The highest BCUT2D eigenvalue weighted by atomic mass is 32.1. The van der Waals surface area contributed by atoms with Crippen LogP contribution in [0.25, 0.3) is 4.96 Å². The van der Waals surface area contributed by atoms with Gasteiger partial charge in [0.2, 0.25) is 5.82 Å². The molecule has 0 aliphatic carbocycles. The largest absolute Gasteiger partial charge is 0.376 e. The molecule has 20 heavy (non-hydrogen) atoms. The van der Waals surface area contributed by atoms with Crippen molar-refractivity contribution >= 4 is 27.9 Å². The summed E-state index contributed by atoms with van der Waals surface area (Å²) in [6.07, 6.45) is 5.06. The number of hydrogen-bond donors (Lipinski definition) is 0. The molecule has 1 saturated heterocycles. The molecular formula is C12H16N4O3S. The number of imidazole rings is 1. The molecule has 3 heterocycles. The highest BCUT2D eigenvalue weighted by Gasteiger charge is 2.28. The van der Waals surface area contributed by atoms with Gasteiger partial charge in [0.25, 0.3) is 4.96 Å². The van der Waals surface area contributed by atoms with Gasteiger partial charge in [0.05, 0.1) is 6.10 Å². The average molecular weight is 296 g/mol. The Morgan fingerprint density at radius 1 is 1.65 bits per heavy atom. The minimum absolute atomic E-state index is 0.0274. The van der Waals surface area contributed by atoms with Gasteiger partial charge in [-0.1, -0.05) is 11.3 Å². The van der Waals surface area contributed by atoms with Gasteiger partial charge < -0.3 is 19.8 Å². The van der Waals surface area contributed by atoms with Crippen molar-refractivity contribution in [2.75, 3.05) is 25.1 Å². The Morgan fingerprint density at radius 3 is 3.20 bits per heavy atom. The predicted octanol–water partition coefficient (Wildman–Crippen LogP) is 2.31. The van der Waals surface area contributed by atoms with Crippen LogP contribution in [-0.2, 0) is 4.74 Å². The quantitative estimate of drug-likeness (QED) is 0.639. The molecule has 108 valence electrons. The van der Waals surface area contributed by atoms with E-state index in [1.54, 1.807) is 11.6 Å². The maximum atomic E-state index is 11.3. The normalized spacial score (nSPS) is 19.4. The van der Waals surface area contributed by atoms with Crippen LogP contribution in [0.1, 0.15) is 19.3 Å². The minimum atomic E-state index is -0.375. The van der Waals surface area contributed by atoms with Gasteiger partial charge in [-0.3, -0.25) is 0 Å². The minimum Gasteiger partial charge on any atom is -0.376 e. The summed E-state index contributed by atoms with van der Waals surface area (Å²) in [4.78, 5) is 17.7. The van der Waals surface area contributed by atoms with E-state index in [9.17, 15) is 10.1 Å². The number of ether oxygens (including phenoxy) is 1. The first-order chi connectivity index (χ1) is 9.66. The van der Waals surface area contributed by atoms with Gasteiger partial charge >= 0.3 is 5.82 Å². The van der Waals surface area contributed by atoms with Crippen LogP contribution in [0.3, 0.4) is 0 Å². The number of nitrogens with zero attached hydrogens (tertiary/aromatic N) is 4. The first kappa shape index (κ1) is 13.3. The van der Waals surface area contributed by atoms with Crippen molar-refractivity contribution in [3.63, 3.8) is 0 Å². The molecule has 8 heteroatoms. The summed E-state index contributed by atoms with van der Waals surface area (Å²) >= 11 is 1.39. The van der Waals surface area contributed by atoms with E-state index in [0.29, 0.717) is 17.3 Å². The molecule has 2 aromatic rings. The molecule has 0 aromatic carbocycles. The van der Waals surface area contributed by atoms with E-state index >= 15 is 0 Å². The van der Waals surface area contributed by atoms with Crippen LogP contribution in [0.15, 0.2) is 11.6 Å². The van der Waals surface area contributed by atoms with Gasteiger partial charge in [-0.2, -0.15) is 9.38 Å². The molecule has 1 atom stereocenters. The Labute approximate surface area is 119 Å². The van der Waals surface area contributed by atoms with Gasteiger partial charge in [0.1, 0.15) is 6.20 Å². The summed E-state index contributed by atoms with van der Waals surface area (Å²) in [5.74, 6) is 0.440. The SMILES string of the molecule is CN(CC1CCCCO1)c1nc2sccn2c1[N+](=O)[O-]. The standard InChI is InChI=1S/C12H16N4O3S/c1-14(8-9-4-2-3-6-19-9)10-11(16(17)18)15-5-7-20-12(15)13-10/h5,7,9H,2-4,6,8H2,1H3. The molecule has 1 aliphatic rings. The summed E-state index contributed by atoms with van der Waals surface area (Å²) in [6, 6.07) is 0. The molecule has 7 nitrogen and oxygen atoms in total. The lowest BCUT2D eigenvalue weighted by atomic mass is 10.1. The number of hydrogen-bond acceptors (Lipinski definition) is 6. The van der Waals surface area contributed by atoms with Crippen molar-refractivity contribution in [3.8, 4) is 0 Å². The third-order valence-corrected chi connectivity index (χ3v) is 4.26. The Morgan fingerprint density at radius 2 is 2.50 bits per heavy atom.